The first kappa shape index (κ1) is 10.4. The molecule has 1 aliphatic rings. The van der Waals surface area contributed by atoms with Crippen LogP contribution in [-0.4, -0.2) is 17.7 Å². The Hall–Kier alpha value is -2.07. The van der Waals surface area contributed by atoms with E-state index in [1.165, 1.54) is 0 Å². The third kappa shape index (κ3) is 2.29. The molecule has 16 heavy (non-hydrogen) atoms. The van der Waals surface area contributed by atoms with Gasteiger partial charge in [-0.05, 0) is 11.6 Å². The largest absolute Gasteiger partial charge is 0.478 e. The van der Waals surface area contributed by atoms with E-state index < -0.39 is 5.97 Å². The summed E-state index contributed by atoms with van der Waals surface area (Å²) in [6, 6.07) is 9.32. The molecule has 0 amide bonds. The molecular formula is C12H11NO3. The zero-order chi connectivity index (χ0) is 11.4. The van der Waals surface area contributed by atoms with Crippen LogP contribution in [0.3, 0.4) is 0 Å². The summed E-state index contributed by atoms with van der Waals surface area (Å²) in [5.74, 6) is -0.956. The molecule has 1 aromatic rings. The molecule has 0 aliphatic carbocycles. The van der Waals surface area contributed by atoms with Gasteiger partial charge in [-0.2, -0.15) is 0 Å². The van der Waals surface area contributed by atoms with Gasteiger partial charge in [0.2, 0.25) is 0 Å². The predicted molar refractivity (Wildman–Crippen MR) is 59.2 cm³/mol. The zero-order valence-corrected chi connectivity index (χ0v) is 8.51. The summed E-state index contributed by atoms with van der Waals surface area (Å²) in [7, 11) is 0. The van der Waals surface area contributed by atoms with Gasteiger partial charge >= 0.3 is 5.97 Å². The molecule has 0 radical (unpaired) electrons. The van der Waals surface area contributed by atoms with E-state index in [2.05, 4.69) is 5.48 Å². The number of carbonyl (C=O) groups is 1. The van der Waals surface area contributed by atoms with Crippen LogP contribution >= 0.6 is 0 Å². The molecule has 1 heterocycles. The highest BCUT2D eigenvalue weighted by Gasteiger charge is 2.16. The summed E-state index contributed by atoms with van der Waals surface area (Å²) in [6.45, 7) is 0.269. The molecule has 0 fully saturated rings. The van der Waals surface area contributed by atoms with Crippen molar-refractivity contribution in [3.8, 4) is 0 Å². The Morgan fingerprint density at radius 3 is 2.69 bits per heavy atom. The van der Waals surface area contributed by atoms with Crippen LogP contribution < -0.4 is 5.48 Å². The van der Waals surface area contributed by atoms with Crippen LogP contribution in [0.4, 0.5) is 0 Å². The van der Waals surface area contributed by atoms with Gasteiger partial charge in [0.1, 0.15) is 6.61 Å². The quantitative estimate of drug-likeness (QED) is 0.754. The fourth-order valence-electron chi connectivity index (χ4n) is 1.44. The fourth-order valence-corrected chi connectivity index (χ4v) is 1.44. The summed E-state index contributed by atoms with van der Waals surface area (Å²) in [5, 5.41) is 9.10. The SMILES string of the molecule is O=C(O)C(=Cc1ccccc1)C1=CNOC1. The first-order valence-electron chi connectivity index (χ1n) is 4.84. The second kappa shape index (κ2) is 4.63. The Morgan fingerprint density at radius 2 is 2.12 bits per heavy atom. The van der Waals surface area contributed by atoms with Crippen molar-refractivity contribution >= 4 is 12.0 Å². The maximum absolute atomic E-state index is 11.1. The number of benzene rings is 1. The number of carboxylic acid groups (broad SMARTS) is 1. The first-order chi connectivity index (χ1) is 7.77. The summed E-state index contributed by atoms with van der Waals surface area (Å²) >= 11 is 0. The summed E-state index contributed by atoms with van der Waals surface area (Å²) in [6.07, 6.45) is 3.19. The number of carboxylic acids is 1. The Kier molecular flexibility index (Phi) is 3.03. The second-order valence-electron chi connectivity index (χ2n) is 3.35. The molecule has 82 valence electrons. The first-order valence-corrected chi connectivity index (χ1v) is 4.84. The van der Waals surface area contributed by atoms with E-state index in [1.54, 1.807) is 12.3 Å². The van der Waals surface area contributed by atoms with Crippen LogP contribution in [0.25, 0.3) is 6.08 Å². The molecule has 1 aliphatic heterocycles. The van der Waals surface area contributed by atoms with Crippen molar-refractivity contribution in [1.29, 1.82) is 0 Å². The van der Waals surface area contributed by atoms with Gasteiger partial charge in [-0.1, -0.05) is 30.3 Å². The van der Waals surface area contributed by atoms with Crippen molar-refractivity contribution in [2.45, 2.75) is 0 Å². The van der Waals surface area contributed by atoms with Crippen molar-refractivity contribution < 1.29 is 14.7 Å². The Labute approximate surface area is 92.8 Å². The smallest absolute Gasteiger partial charge is 0.336 e. The molecule has 4 heteroatoms. The van der Waals surface area contributed by atoms with Gasteiger partial charge < -0.3 is 5.11 Å². The molecule has 0 spiro atoms. The third-order valence-electron chi connectivity index (χ3n) is 2.23. The molecule has 0 aromatic heterocycles. The summed E-state index contributed by atoms with van der Waals surface area (Å²) < 4.78 is 0. The monoisotopic (exact) mass is 217 g/mol. The highest BCUT2D eigenvalue weighted by atomic mass is 16.6. The van der Waals surface area contributed by atoms with Crippen LogP contribution in [-0.2, 0) is 9.63 Å². The lowest BCUT2D eigenvalue weighted by atomic mass is 10.0. The third-order valence-corrected chi connectivity index (χ3v) is 2.23. The van der Waals surface area contributed by atoms with E-state index in [0.717, 1.165) is 5.56 Å². The van der Waals surface area contributed by atoms with Crippen LogP contribution in [0.5, 0.6) is 0 Å². The van der Waals surface area contributed by atoms with E-state index in [4.69, 9.17) is 9.94 Å². The van der Waals surface area contributed by atoms with E-state index in [1.807, 2.05) is 30.3 Å². The number of aliphatic carboxylic acids is 1. The van der Waals surface area contributed by atoms with Crippen molar-refractivity contribution in [2.75, 3.05) is 6.61 Å². The molecule has 2 N–H and O–H groups in total. The summed E-state index contributed by atoms with van der Waals surface area (Å²) in [5.41, 5.74) is 4.26. The minimum absolute atomic E-state index is 0.246. The van der Waals surface area contributed by atoms with Gasteiger partial charge in [0.25, 0.3) is 0 Å². The second-order valence-corrected chi connectivity index (χ2v) is 3.35. The maximum Gasteiger partial charge on any atom is 0.336 e. The van der Waals surface area contributed by atoms with Gasteiger partial charge in [-0.15, -0.1) is 0 Å². The van der Waals surface area contributed by atoms with Gasteiger partial charge in [0.15, 0.2) is 0 Å². The molecule has 0 bridgehead atoms. The normalized spacial score (nSPS) is 15.5. The average molecular weight is 217 g/mol. The van der Waals surface area contributed by atoms with Crippen molar-refractivity contribution in [3.63, 3.8) is 0 Å². The number of rotatable bonds is 3. The van der Waals surface area contributed by atoms with Crippen LogP contribution in [0, 0.1) is 0 Å². The van der Waals surface area contributed by atoms with Crippen molar-refractivity contribution in [3.05, 3.63) is 53.2 Å². The average Bonchev–Trinajstić information content (AvgIpc) is 2.80. The molecule has 0 saturated carbocycles. The standard InChI is InChI=1S/C12H11NO3/c14-12(15)11(10-7-13-16-8-10)6-9-4-2-1-3-5-9/h1-7,13H,8H2,(H,14,15). The number of hydroxylamine groups is 1. The molecule has 0 saturated heterocycles. The maximum atomic E-state index is 11.1. The Bertz CT molecular complexity index is 449. The Balaban J connectivity index is 2.33. The number of nitrogens with one attached hydrogen (secondary N) is 1. The highest BCUT2D eigenvalue weighted by Crippen LogP contribution is 2.17. The molecule has 4 nitrogen and oxygen atoms in total. The molecule has 0 unspecified atom stereocenters. The lowest BCUT2D eigenvalue weighted by Gasteiger charge is -2.01. The van der Waals surface area contributed by atoms with Crippen LogP contribution in [0.15, 0.2) is 47.7 Å². The minimum Gasteiger partial charge on any atom is -0.478 e. The topological polar surface area (TPSA) is 58.6 Å². The van der Waals surface area contributed by atoms with E-state index >= 15 is 0 Å². The number of hydrogen-bond donors (Lipinski definition) is 2. The molecular weight excluding hydrogens is 206 g/mol. The van der Waals surface area contributed by atoms with Gasteiger partial charge in [0.05, 0.1) is 5.57 Å². The zero-order valence-electron chi connectivity index (χ0n) is 8.51. The van der Waals surface area contributed by atoms with Gasteiger partial charge in [-0.3, -0.25) is 10.3 Å². The van der Waals surface area contributed by atoms with Crippen molar-refractivity contribution in [2.24, 2.45) is 0 Å². The van der Waals surface area contributed by atoms with E-state index in [-0.39, 0.29) is 12.2 Å². The molecule has 1 aromatic carbocycles. The Morgan fingerprint density at radius 1 is 1.38 bits per heavy atom. The van der Waals surface area contributed by atoms with Crippen molar-refractivity contribution in [1.82, 2.24) is 5.48 Å². The minimum atomic E-state index is -0.956. The van der Waals surface area contributed by atoms with Crippen LogP contribution in [0.2, 0.25) is 0 Å². The number of hydrogen-bond acceptors (Lipinski definition) is 3. The van der Waals surface area contributed by atoms with E-state index in [9.17, 15) is 4.79 Å². The lowest BCUT2D eigenvalue weighted by Crippen LogP contribution is -2.05. The summed E-state index contributed by atoms with van der Waals surface area (Å²) in [4.78, 5) is 16.0. The fraction of sp³-hybridized carbons (Fsp3) is 0.0833. The molecule has 2 rings (SSSR count). The molecule has 0 atom stereocenters. The van der Waals surface area contributed by atoms with Crippen LogP contribution in [0.1, 0.15) is 5.56 Å². The van der Waals surface area contributed by atoms with Gasteiger partial charge in [-0.25, -0.2) is 4.79 Å². The van der Waals surface area contributed by atoms with E-state index in [0.29, 0.717) is 5.57 Å². The predicted octanol–water partition coefficient (Wildman–Crippen LogP) is 1.57. The lowest BCUT2D eigenvalue weighted by molar-refractivity contribution is -0.132. The highest BCUT2D eigenvalue weighted by molar-refractivity contribution is 5.97. The van der Waals surface area contributed by atoms with Gasteiger partial charge in [0, 0.05) is 11.8 Å².